The van der Waals surface area contributed by atoms with Crippen LogP contribution in [0.3, 0.4) is 0 Å². The molecule has 0 atom stereocenters. The van der Waals surface area contributed by atoms with Crippen LogP contribution in [0.4, 0.5) is 0 Å². The smallest absolute Gasteiger partial charge is 0.407 e. The van der Waals surface area contributed by atoms with Gasteiger partial charge in [-0.05, 0) is 21.9 Å². The lowest BCUT2D eigenvalue weighted by Gasteiger charge is -2.33. The second-order valence-corrected chi connectivity index (χ2v) is 7.87. The largest absolute Gasteiger partial charge is 0.673 e. The van der Waals surface area contributed by atoms with Crippen LogP contribution in [0.5, 0.6) is 11.5 Å². The van der Waals surface area contributed by atoms with Crippen molar-refractivity contribution >= 4 is 39.0 Å². The standard InChI is InChI=1S/C26H16BO2/c1-3-13-21-17(9-1)18-10-2-4-14-22(18)26-25(21)28-27(29-26)23-15-7-5-11-19(23)20-12-6-8-16-24(20)27/h1-16H/q-1. The molecule has 3 heteroatoms. The number of hydrogen-bond acceptors (Lipinski definition) is 2. The van der Waals surface area contributed by atoms with Crippen molar-refractivity contribution in [2.45, 2.75) is 0 Å². The molecule has 0 aliphatic carbocycles. The Hall–Kier alpha value is -3.72. The molecule has 0 amide bonds. The lowest BCUT2D eigenvalue weighted by Crippen LogP contribution is -2.63. The molecule has 29 heavy (non-hydrogen) atoms. The van der Waals surface area contributed by atoms with E-state index >= 15 is 0 Å². The van der Waals surface area contributed by atoms with E-state index in [0.717, 1.165) is 33.2 Å². The first-order valence-electron chi connectivity index (χ1n) is 10.0. The van der Waals surface area contributed by atoms with E-state index in [-0.39, 0.29) is 0 Å². The zero-order chi connectivity index (χ0) is 19.0. The summed E-state index contributed by atoms with van der Waals surface area (Å²) in [6.45, 7) is -1.80. The Kier molecular flexibility index (Phi) is 2.74. The van der Waals surface area contributed by atoms with Crippen LogP contribution in [0.1, 0.15) is 0 Å². The van der Waals surface area contributed by atoms with E-state index in [0.29, 0.717) is 0 Å². The van der Waals surface area contributed by atoms with E-state index in [1.165, 1.54) is 21.9 Å². The molecule has 2 aliphatic rings. The second-order valence-electron chi connectivity index (χ2n) is 7.87. The molecular weight excluding hydrogens is 355 g/mol. The Labute approximate surface area is 168 Å². The zero-order valence-corrected chi connectivity index (χ0v) is 15.6. The first-order valence-corrected chi connectivity index (χ1v) is 10.0. The van der Waals surface area contributed by atoms with Gasteiger partial charge in [0.2, 0.25) is 0 Å². The third-order valence-corrected chi connectivity index (χ3v) is 6.44. The quantitative estimate of drug-likeness (QED) is 0.282. The van der Waals surface area contributed by atoms with Gasteiger partial charge in [0.25, 0.3) is 0 Å². The predicted molar refractivity (Wildman–Crippen MR) is 120 cm³/mol. The molecule has 2 nitrogen and oxygen atoms in total. The average Bonchev–Trinajstić information content (AvgIpc) is 3.33. The average molecular weight is 371 g/mol. The Bertz CT molecular complexity index is 1360. The summed E-state index contributed by atoms with van der Waals surface area (Å²) in [6.07, 6.45) is 0. The Morgan fingerprint density at radius 2 is 0.793 bits per heavy atom. The maximum Gasteiger partial charge on any atom is 0.407 e. The number of fused-ring (bicyclic) bond motifs is 11. The monoisotopic (exact) mass is 371 g/mol. The van der Waals surface area contributed by atoms with Crippen LogP contribution in [-0.2, 0) is 0 Å². The Morgan fingerprint density at radius 3 is 1.28 bits per heavy atom. The highest BCUT2D eigenvalue weighted by Crippen LogP contribution is 2.50. The topological polar surface area (TPSA) is 18.5 Å². The van der Waals surface area contributed by atoms with Gasteiger partial charge in [0, 0.05) is 10.8 Å². The van der Waals surface area contributed by atoms with Crippen molar-refractivity contribution in [3.05, 3.63) is 97.1 Å². The maximum atomic E-state index is 6.87. The minimum Gasteiger partial charge on any atom is -0.673 e. The molecular formula is C26H16BO2-. The Morgan fingerprint density at radius 1 is 0.414 bits per heavy atom. The van der Waals surface area contributed by atoms with Gasteiger partial charge in [-0.15, -0.1) is 10.9 Å². The van der Waals surface area contributed by atoms with Gasteiger partial charge in [-0.1, -0.05) is 97.1 Å². The van der Waals surface area contributed by atoms with Crippen LogP contribution in [0.15, 0.2) is 97.1 Å². The second kappa shape index (κ2) is 5.21. The van der Waals surface area contributed by atoms with Crippen molar-refractivity contribution in [1.29, 1.82) is 0 Å². The van der Waals surface area contributed by atoms with Crippen LogP contribution < -0.4 is 20.2 Å². The van der Waals surface area contributed by atoms with Gasteiger partial charge in [0.05, 0.1) is 0 Å². The van der Waals surface area contributed by atoms with Gasteiger partial charge in [0.15, 0.2) is 0 Å². The molecule has 0 radical (unpaired) electrons. The molecule has 0 saturated carbocycles. The highest BCUT2D eigenvalue weighted by atomic mass is 16.6. The predicted octanol–water partition coefficient (Wildman–Crippen LogP) is 5.00. The van der Waals surface area contributed by atoms with Crippen molar-refractivity contribution in [2.24, 2.45) is 0 Å². The highest BCUT2D eigenvalue weighted by Gasteiger charge is 2.48. The van der Waals surface area contributed by atoms with Gasteiger partial charge < -0.3 is 9.31 Å². The summed E-state index contributed by atoms with van der Waals surface area (Å²) >= 11 is 0. The first kappa shape index (κ1) is 15.2. The SMILES string of the molecule is c1ccc2c(c1)-c1ccccc1[B-]21Oc2c(c3ccccc3c3ccccc23)O1. The van der Waals surface area contributed by atoms with Crippen LogP contribution in [0, 0.1) is 0 Å². The van der Waals surface area contributed by atoms with Crippen molar-refractivity contribution < 1.29 is 9.31 Å². The molecule has 5 aromatic rings. The molecule has 0 bridgehead atoms. The summed E-state index contributed by atoms with van der Waals surface area (Å²) in [7, 11) is 0. The minimum absolute atomic E-state index is 0.853. The molecule has 0 aromatic heterocycles. The minimum atomic E-state index is -1.80. The zero-order valence-electron chi connectivity index (χ0n) is 15.6. The van der Waals surface area contributed by atoms with Crippen molar-refractivity contribution in [1.82, 2.24) is 0 Å². The molecule has 0 saturated heterocycles. The van der Waals surface area contributed by atoms with E-state index in [1.807, 2.05) is 0 Å². The van der Waals surface area contributed by atoms with Gasteiger partial charge in [0.1, 0.15) is 11.5 Å². The Balaban J connectivity index is 1.60. The molecule has 0 unspecified atom stereocenters. The molecule has 2 aliphatic heterocycles. The van der Waals surface area contributed by atoms with E-state index in [9.17, 15) is 0 Å². The summed E-state index contributed by atoms with van der Waals surface area (Å²) in [4.78, 5) is 0. The lowest BCUT2D eigenvalue weighted by atomic mass is 9.49. The summed E-state index contributed by atoms with van der Waals surface area (Å²) in [6, 6.07) is 33.8. The van der Waals surface area contributed by atoms with E-state index < -0.39 is 6.55 Å². The van der Waals surface area contributed by atoms with Gasteiger partial charge in [-0.2, -0.15) is 0 Å². The summed E-state index contributed by atoms with van der Waals surface area (Å²) < 4.78 is 13.7. The summed E-state index contributed by atoms with van der Waals surface area (Å²) in [5, 5.41) is 4.58. The first-order chi connectivity index (χ1) is 14.4. The molecule has 0 fully saturated rings. The maximum absolute atomic E-state index is 6.87. The summed E-state index contributed by atoms with van der Waals surface area (Å²) in [5.41, 5.74) is 4.64. The molecule has 2 heterocycles. The fourth-order valence-corrected chi connectivity index (χ4v) is 5.24. The van der Waals surface area contributed by atoms with Gasteiger partial charge >= 0.3 is 6.55 Å². The third-order valence-electron chi connectivity index (χ3n) is 6.44. The van der Waals surface area contributed by atoms with Gasteiger partial charge in [-0.25, -0.2) is 0 Å². The number of rotatable bonds is 0. The highest BCUT2D eigenvalue weighted by molar-refractivity contribution is 6.98. The molecule has 7 rings (SSSR count). The molecule has 136 valence electrons. The number of hydrogen-bond donors (Lipinski definition) is 0. The number of benzene rings is 5. The van der Waals surface area contributed by atoms with Crippen LogP contribution in [0.25, 0.3) is 32.7 Å². The summed E-state index contributed by atoms with van der Waals surface area (Å²) in [5.74, 6) is 1.71. The molecule has 0 N–H and O–H groups in total. The third kappa shape index (κ3) is 1.78. The molecule has 5 aromatic carbocycles. The van der Waals surface area contributed by atoms with Crippen molar-refractivity contribution in [2.75, 3.05) is 0 Å². The van der Waals surface area contributed by atoms with Crippen molar-refractivity contribution in [3.8, 4) is 22.6 Å². The van der Waals surface area contributed by atoms with Crippen LogP contribution in [-0.4, -0.2) is 6.55 Å². The fourth-order valence-electron chi connectivity index (χ4n) is 5.24. The van der Waals surface area contributed by atoms with Crippen molar-refractivity contribution in [3.63, 3.8) is 0 Å². The lowest BCUT2D eigenvalue weighted by molar-refractivity contribution is 0.498. The van der Waals surface area contributed by atoms with Crippen LogP contribution in [0.2, 0.25) is 0 Å². The van der Waals surface area contributed by atoms with Crippen LogP contribution >= 0.6 is 0 Å². The fraction of sp³-hybridized carbons (Fsp3) is 0. The van der Waals surface area contributed by atoms with E-state index in [1.54, 1.807) is 0 Å². The van der Waals surface area contributed by atoms with E-state index in [4.69, 9.17) is 9.31 Å². The van der Waals surface area contributed by atoms with E-state index in [2.05, 4.69) is 97.1 Å². The molecule has 1 spiro atoms. The van der Waals surface area contributed by atoms with Gasteiger partial charge in [-0.3, -0.25) is 0 Å². The normalized spacial score (nSPS) is 15.0.